The van der Waals surface area contributed by atoms with E-state index in [-0.39, 0.29) is 17.1 Å². The largest absolute Gasteiger partial charge is 0.506 e. The highest BCUT2D eigenvalue weighted by Gasteiger charge is 2.15. The van der Waals surface area contributed by atoms with Gasteiger partial charge in [0, 0.05) is 18.3 Å². The number of rotatable bonds is 3. The summed E-state index contributed by atoms with van der Waals surface area (Å²) in [5, 5.41) is 10.0. The highest BCUT2D eigenvalue weighted by atomic mass is 16.3. The van der Waals surface area contributed by atoms with Gasteiger partial charge in [-0.3, -0.25) is 9.79 Å². The minimum Gasteiger partial charge on any atom is -0.506 e. The lowest BCUT2D eigenvalue weighted by molar-refractivity contribution is -0.113. The standard InChI is InChI=1S/C13H15NO2/c1-9(14-3)12(10(2)15)13(16)11-7-5-4-6-8-11/h4-8,16H,1-3H3/b13-12+,14-9?. The van der Waals surface area contributed by atoms with E-state index in [2.05, 4.69) is 4.99 Å². The van der Waals surface area contributed by atoms with E-state index >= 15 is 0 Å². The highest BCUT2D eigenvalue weighted by Crippen LogP contribution is 2.17. The molecule has 0 fully saturated rings. The van der Waals surface area contributed by atoms with Crippen LogP contribution in [0, 0.1) is 0 Å². The van der Waals surface area contributed by atoms with Crippen molar-refractivity contribution >= 4 is 17.3 Å². The Hall–Kier alpha value is -1.90. The molecule has 0 atom stereocenters. The predicted octanol–water partition coefficient (Wildman–Crippen LogP) is 2.64. The molecular formula is C13H15NO2. The first-order chi connectivity index (χ1) is 7.57. The number of allylic oxidation sites excluding steroid dienone is 1. The van der Waals surface area contributed by atoms with E-state index in [4.69, 9.17) is 0 Å². The quantitative estimate of drug-likeness (QED) is 0.480. The molecule has 0 aliphatic heterocycles. The molecule has 0 amide bonds. The van der Waals surface area contributed by atoms with Gasteiger partial charge in [-0.25, -0.2) is 0 Å². The monoisotopic (exact) mass is 217 g/mol. The molecule has 0 saturated carbocycles. The van der Waals surface area contributed by atoms with E-state index in [9.17, 15) is 9.90 Å². The second kappa shape index (κ2) is 5.26. The van der Waals surface area contributed by atoms with Crippen molar-refractivity contribution in [2.45, 2.75) is 13.8 Å². The molecule has 1 aromatic rings. The zero-order valence-electron chi connectivity index (χ0n) is 9.69. The minimum absolute atomic E-state index is 0.0174. The van der Waals surface area contributed by atoms with Gasteiger partial charge in [0.2, 0.25) is 0 Å². The van der Waals surface area contributed by atoms with E-state index < -0.39 is 0 Å². The number of aliphatic hydroxyl groups is 1. The van der Waals surface area contributed by atoms with Crippen LogP contribution in [0.1, 0.15) is 19.4 Å². The zero-order valence-corrected chi connectivity index (χ0v) is 9.69. The third-order valence-electron chi connectivity index (χ3n) is 2.33. The number of Topliss-reactive ketones (excluding diaryl/α,β-unsaturated/α-hetero) is 1. The van der Waals surface area contributed by atoms with Crippen molar-refractivity contribution in [1.29, 1.82) is 0 Å². The van der Waals surface area contributed by atoms with Crippen LogP contribution in [-0.4, -0.2) is 23.6 Å². The third-order valence-corrected chi connectivity index (χ3v) is 2.33. The number of carbonyl (C=O) groups is 1. The molecule has 1 aromatic carbocycles. The Kier molecular flexibility index (Phi) is 4.00. The molecule has 0 spiro atoms. The van der Waals surface area contributed by atoms with Gasteiger partial charge in [-0.1, -0.05) is 30.3 Å². The van der Waals surface area contributed by atoms with Crippen molar-refractivity contribution in [3.8, 4) is 0 Å². The second-order valence-electron chi connectivity index (χ2n) is 3.45. The molecule has 0 bridgehead atoms. The van der Waals surface area contributed by atoms with Crippen LogP contribution in [0.5, 0.6) is 0 Å². The van der Waals surface area contributed by atoms with Crippen molar-refractivity contribution in [2.75, 3.05) is 7.05 Å². The molecule has 0 unspecified atom stereocenters. The summed E-state index contributed by atoms with van der Waals surface area (Å²) in [6, 6.07) is 8.97. The zero-order chi connectivity index (χ0) is 12.1. The first kappa shape index (κ1) is 12.2. The molecule has 1 rings (SSSR count). The maximum absolute atomic E-state index is 11.5. The van der Waals surface area contributed by atoms with Gasteiger partial charge in [0.15, 0.2) is 5.78 Å². The molecule has 3 nitrogen and oxygen atoms in total. The molecule has 0 aliphatic carbocycles. The molecule has 1 N–H and O–H groups in total. The van der Waals surface area contributed by atoms with Gasteiger partial charge in [0.1, 0.15) is 5.76 Å². The summed E-state index contributed by atoms with van der Waals surface area (Å²) in [5.41, 5.74) is 1.43. The number of ketones is 1. The molecule has 16 heavy (non-hydrogen) atoms. The second-order valence-corrected chi connectivity index (χ2v) is 3.45. The molecule has 84 valence electrons. The normalized spacial score (nSPS) is 13.3. The summed E-state index contributed by atoms with van der Waals surface area (Å²) in [5.74, 6) is -0.208. The summed E-state index contributed by atoms with van der Waals surface area (Å²) in [6.07, 6.45) is 0. The summed E-state index contributed by atoms with van der Waals surface area (Å²) >= 11 is 0. The number of nitrogens with zero attached hydrogens (tertiary/aromatic N) is 1. The van der Waals surface area contributed by atoms with Crippen molar-refractivity contribution in [2.24, 2.45) is 4.99 Å². The van der Waals surface area contributed by atoms with E-state index in [1.54, 1.807) is 26.1 Å². The Labute approximate surface area is 95.1 Å². The molecular weight excluding hydrogens is 202 g/mol. The lowest BCUT2D eigenvalue weighted by Crippen LogP contribution is -2.10. The van der Waals surface area contributed by atoms with Gasteiger partial charge in [-0.05, 0) is 13.8 Å². The Bertz CT molecular complexity index is 444. The number of carbonyl (C=O) groups excluding carboxylic acids is 1. The van der Waals surface area contributed by atoms with E-state index in [0.29, 0.717) is 11.3 Å². The predicted molar refractivity (Wildman–Crippen MR) is 65.7 cm³/mol. The fourth-order valence-corrected chi connectivity index (χ4v) is 1.45. The van der Waals surface area contributed by atoms with Crippen LogP contribution < -0.4 is 0 Å². The summed E-state index contributed by atoms with van der Waals surface area (Å²) in [7, 11) is 1.59. The molecule has 0 saturated heterocycles. The van der Waals surface area contributed by atoms with E-state index in [1.807, 2.05) is 18.2 Å². The molecule has 3 heteroatoms. The Morgan fingerprint density at radius 1 is 1.19 bits per heavy atom. The molecule has 0 heterocycles. The van der Waals surface area contributed by atoms with E-state index in [1.165, 1.54) is 6.92 Å². The van der Waals surface area contributed by atoms with Crippen molar-refractivity contribution in [3.05, 3.63) is 41.5 Å². The SMILES string of the molecule is CN=C(C)/C(C(C)=O)=C(\O)c1ccccc1. The van der Waals surface area contributed by atoms with E-state index in [0.717, 1.165) is 0 Å². The Balaban J connectivity index is 3.34. The Morgan fingerprint density at radius 3 is 2.19 bits per heavy atom. The molecule has 0 radical (unpaired) electrons. The third kappa shape index (κ3) is 2.57. The van der Waals surface area contributed by atoms with Crippen LogP contribution in [-0.2, 0) is 4.79 Å². The first-order valence-corrected chi connectivity index (χ1v) is 5.01. The fraction of sp³-hybridized carbons (Fsp3) is 0.231. The lowest BCUT2D eigenvalue weighted by atomic mass is 10.0. The number of hydrogen-bond donors (Lipinski definition) is 1. The van der Waals surface area contributed by atoms with Gasteiger partial charge in [0.25, 0.3) is 0 Å². The first-order valence-electron chi connectivity index (χ1n) is 5.01. The highest BCUT2D eigenvalue weighted by molar-refractivity contribution is 6.24. The number of aliphatic hydroxyl groups excluding tert-OH is 1. The summed E-state index contributed by atoms with van der Waals surface area (Å²) in [6.45, 7) is 3.12. The fourth-order valence-electron chi connectivity index (χ4n) is 1.45. The average molecular weight is 217 g/mol. The number of hydrogen-bond acceptors (Lipinski definition) is 3. The number of aliphatic imine (C=N–C) groups is 1. The average Bonchev–Trinajstić information content (AvgIpc) is 2.29. The van der Waals surface area contributed by atoms with Crippen molar-refractivity contribution in [3.63, 3.8) is 0 Å². The molecule has 0 aliphatic rings. The van der Waals surface area contributed by atoms with Gasteiger partial charge in [-0.2, -0.15) is 0 Å². The maximum atomic E-state index is 11.5. The summed E-state index contributed by atoms with van der Waals surface area (Å²) in [4.78, 5) is 15.4. The van der Waals surface area contributed by atoms with Crippen LogP contribution >= 0.6 is 0 Å². The molecule has 0 aromatic heterocycles. The van der Waals surface area contributed by atoms with Crippen molar-refractivity contribution < 1.29 is 9.90 Å². The van der Waals surface area contributed by atoms with Gasteiger partial charge < -0.3 is 5.11 Å². The Morgan fingerprint density at radius 2 is 1.75 bits per heavy atom. The van der Waals surface area contributed by atoms with Crippen LogP contribution in [0.15, 0.2) is 40.9 Å². The topological polar surface area (TPSA) is 49.7 Å². The van der Waals surface area contributed by atoms with Crippen LogP contribution in [0.25, 0.3) is 5.76 Å². The lowest BCUT2D eigenvalue weighted by Gasteiger charge is -2.07. The van der Waals surface area contributed by atoms with Gasteiger partial charge in [0.05, 0.1) is 5.57 Å². The van der Waals surface area contributed by atoms with Gasteiger partial charge >= 0.3 is 0 Å². The number of benzene rings is 1. The van der Waals surface area contributed by atoms with Crippen LogP contribution in [0.2, 0.25) is 0 Å². The minimum atomic E-state index is -0.190. The van der Waals surface area contributed by atoms with Crippen molar-refractivity contribution in [1.82, 2.24) is 0 Å². The smallest absolute Gasteiger partial charge is 0.165 e. The maximum Gasteiger partial charge on any atom is 0.165 e. The van der Waals surface area contributed by atoms with Crippen LogP contribution in [0.3, 0.4) is 0 Å². The van der Waals surface area contributed by atoms with Gasteiger partial charge in [-0.15, -0.1) is 0 Å². The summed E-state index contributed by atoms with van der Waals surface area (Å²) < 4.78 is 0. The van der Waals surface area contributed by atoms with Crippen LogP contribution in [0.4, 0.5) is 0 Å².